The summed E-state index contributed by atoms with van der Waals surface area (Å²) in [5, 5.41) is 0. The van der Waals surface area contributed by atoms with Gasteiger partial charge in [0.2, 0.25) is 12.5 Å². The molecule has 4 rings (SSSR count). The summed E-state index contributed by atoms with van der Waals surface area (Å²) in [4.78, 5) is 13.2. The Bertz CT molecular complexity index is 1040. The number of carbonyl (C=O) groups is 1. The molecule has 0 fully saturated rings. The molecule has 2 heterocycles. The third-order valence-corrected chi connectivity index (χ3v) is 5.34. The van der Waals surface area contributed by atoms with Gasteiger partial charge in [-0.2, -0.15) is 0 Å². The number of benzene rings is 2. The monoisotopic (exact) mass is 423 g/mol. The van der Waals surface area contributed by atoms with Crippen LogP contribution in [-0.4, -0.2) is 51.9 Å². The van der Waals surface area contributed by atoms with Gasteiger partial charge in [-0.15, -0.1) is 0 Å². The van der Waals surface area contributed by atoms with Crippen LogP contribution in [0.25, 0.3) is 0 Å². The largest absolute Gasteiger partial charge is 0.492 e. The van der Waals surface area contributed by atoms with Gasteiger partial charge in [-0.3, -0.25) is 9.69 Å². The van der Waals surface area contributed by atoms with E-state index < -0.39 is 0 Å². The predicted molar refractivity (Wildman–Crippen MR) is 114 cm³/mol. The van der Waals surface area contributed by atoms with Crippen LogP contribution in [-0.2, 0) is 6.42 Å². The zero-order valence-electron chi connectivity index (χ0n) is 17.9. The van der Waals surface area contributed by atoms with Gasteiger partial charge < -0.3 is 23.7 Å². The summed E-state index contributed by atoms with van der Waals surface area (Å²) >= 11 is 0. The van der Waals surface area contributed by atoms with Crippen LogP contribution in [0.15, 0.2) is 24.3 Å². The standard InChI is InChI=1S/C24H25NO6/c1-4-28-20-12-16(14-26)7-8-19(20)29-11-5-6-18-22-17(9-10-25(18)2)13-21-23(24(22)27-3)31-15-30-21/h7-8,12-14,18H,4,9-11,15H2,1-3H3/t18-/m0/s1. The second-order valence-electron chi connectivity index (χ2n) is 7.22. The lowest BCUT2D eigenvalue weighted by atomic mass is 9.91. The Morgan fingerprint density at radius 1 is 1.23 bits per heavy atom. The van der Waals surface area contributed by atoms with Crippen LogP contribution in [0.1, 0.15) is 34.5 Å². The van der Waals surface area contributed by atoms with Gasteiger partial charge in [0, 0.05) is 17.7 Å². The first-order valence-corrected chi connectivity index (χ1v) is 10.2. The predicted octanol–water partition coefficient (Wildman–Crippen LogP) is 3.25. The first-order valence-electron chi connectivity index (χ1n) is 10.2. The van der Waals surface area contributed by atoms with Gasteiger partial charge in [0.1, 0.15) is 18.9 Å². The van der Waals surface area contributed by atoms with Gasteiger partial charge >= 0.3 is 0 Å². The Labute approximate surface area is 181 Å². The van der Waals surface area contributed by atoms with Crippen molar-refractivity contribution in [2.75, 3.05) is 40.7 Å². The van der Waals surface area contributed by atoms with Crippen LogP contribution < -0.4 is 23.7 Å². The van der Waals surface area contributed by atoms with E-state index in [-0.39, 0.29) is 19.4 Å². The van der Waals surface area contributed by atoms with Gasteiger partial charge in [0.25, 0.3) is 0 Å². The van der Waals surface area contributed by atoms with E-state index in [9.17, 15) is 4.79 Å². The molecule has 0 N–H and O–H groups in total. The molecule has 7 heteroatoms. The Morgan fingerprint density at radius 2 is 2.10 bits per heavy atom. The van der Waals surface area contributed by atoms with E-state index in [0.29, 0.717) is 35.2 Å². The molecule has 1 atom stereocenters. The van der Waals surface area contributed by atoms with E-state index in [4.69, 9.17) is 23.7 Å². The number of likely N-dealkylation sites (N-methyl/N-ethyl adjacent to an activating group) is 1. The van der Waals surface area contributed by atoms with Crippen molar-refractivity contribution < 1.29 is 28.5 Å². The summed E-state index contributed by atoms with van der Waals surface area (Å²) < 4.78 is 28.3. The molecule has 2 aliphatic heterocycles. The second kappa shape index (κ2) is 9.19. The molecule has 0 radical (unpaired) electrons. The van der Waals surface area contributed by atoms with Gasteiger partial charge in [-0.1, -0.05) is 11.8 Å². The van der Waals surface area contributed by atoms with E-state index in [1.165, 1.54) is 0 Å². The van der Waals surface area contributed by atoms with E-state index in [0.717, 1.165) is 36.1 Å². The van der Waals surface area contributed by atoms with Gasteiger partial charge in [0.15, 0.2) is 23.0 Å². The lowest BCUT2D eigenvalue weighted by Gasteiger charge is -2.32. The van der Waals surface area contributed by atoms with Crippen molar-refractivity contribution in [1.29, 1.82) is 0 Å². The molecule has 0 saturated heterocycles. The third-order valence-electron chi connectivity index (χ3n) is 5.34. The van der Waals surface area contributed by atoms with Crippen molar-refractivity contribution in [2.45, 2.75) is 19.4 Å². The van der Waals surface area contributed by atoms with Crippen molar-refractivity contribution in [3.8, 4) is 40.6 Å². The van der Waals surface area contributed by atoms with Crippen molar-refractivity contribution in [3.05, 3.63) is 41.0 Å². The number of rotatable bonds is 6. The van der Waals surface area contributed by atoms with Crippen LogP contribution in [0.4, 0.5) is 0 Å². The highest BCUT2D eigenvalue weighted by Crippen LogP contribution is 2.49. The van der Waals surface area contributed by atoms with Crippen LogP contribution in [0.5, 0.6) is 28.7 Å². The number of nitrogens with zero attached hydrogens (tertiary/aromatic N) is 1. The Kier molecular flexibility index (Phi) is 6.19. The second-order valence-corrected chi connectivity index (χ2v) is 7.22. The molecule has 0 aliphatic carbocycles. The summed E-state index contributed by atoms with van der Waals surface area (Å²) in [7, 11) is 3.68. The van der Waals surface area contributed by atoms with E-state index >= 15 is 0 Å². The molecule has 0 saturated carbocycles. The SMILES string of the molecule is CCOc1cc(C=O)ccc1OCC#C[C@H]1c2c(cc3c(c2OC)OCO3)CCN1C. The highest BCUT2D eigenvalue weighted by molar-refractivity contribution is 5.76. The number of hydrogen-bond acceptors (Lipinski definition) is 7. The van der Waals surface area contributed by atoms with Crippen molar-refractivity contribution in [1.82, 2.24) is 4.90 Å². The normalized spacial score (nSPS) is 16.7. The Morgan fingerprint density at radius 3 is 2.87 bits per heavy atom. The maximum Gasteiger partial charge on any atom is 0.231 e. The number of carbonyl (C=O) groups excluding carboxylic acids is 1. The van der Waals surface area contributed by atoms with Crippen molar-refractivity contribution >= 4 is 6.29 Å². The molecule has 0 bridgehead atoms. The smallest absolute Gasteiger partial charge is 0.231 e. The molecule has 162 valence electrons. The fourth-order valence-electron chi connectivity index (χ4n) is 3.85. The molecular weight excluding hydrogens is 398 g/mol. The highest BCUT2D eigenvalue weighted by atomic mass is 16.7. The van der Waals surface area contributed by atoms with Crippen molar-refractivity contribution in [3.63, 3.8) is 0 Å². The summed E-state index contributed by atoms with van der Waals surface area (Å²) in [5.41, 5.74) is 2.70. The fraction of sp³-hybridized carbons (Fsp3) is 0.375. The molecule has 0 unspecified atom stereocenters. The summed E-state index contributed by atoms with van der Waals surface area (Å²) in [6.07, 6.45) is 1.66. The molecule has 0 aromatic heterocycles. The minimum atomic E-state index is -0.152. The zero-order chi connectivity index (χ0) is 21.8. The van der Waals surface area contributed by atoms with Gasteiger partial charge in [-0.05, 0) is 50.2 Å². The van der Waals surface area contributed by atoms with Crippen LogP contribution in [0, 0.1) is 11.8 Å². The number of methoxy groups -OCH3 is 1. The molecule has 2 aromatic carbocycles. The molecule has 0 spiro atoms. The summed E-state index contributed by atoms with van der Waals surface area (Å²) in [6.45, 7) is 3.61. The summed E-state index contributed by atoms with van der Waals surface area (Å²) in [6, 6.07) is 6.96. The van der Waals surface area contributed by atoms with Crippen LogP contribution in [0.3, 0.4) is 0 Å². The van der Waals surface area contributed by atoms with E-state index in [1.807, 2.05) is 20.0 Å². The third kappa shape index (κ3) is 4.12. The number of hydrogen-bond donors (Lipinski definition) is 0. The molecule has 0 amide bonds. The summed E-state index contributed by atoms with van der Waals surface area (Å²) in [5.74, 6) is 9.56. The minimum absolute atomic E-state index is 0.152. The van der Waals surface area contributed by atoms with Crippen LogP contribution in [0.2, 0.25) is 0 Å². The highest BCUT2D eigenvalue weighted by Gasteiger charge is 2.33. The molecule has 31 heavy (non-hydrogen) atoms. The lowest BCUT2D eigenvalue weighted by Crippen LogP contribution is -2.31. The average Bonchev–Trinajstić information content (AvgIpc) is 3.25. The molecule has 2 aromatic rings. The van der Waals surface area contributed by atoms with E-state index in [1.54, 1.807) is 25.3 Å². The first-order chi connectivity index (χ1) is 15.2. The zero-order valence-corrected chi connectivity index (χ0v) is 17.9. The molecule has 7 nitrogen and oxygen atoms in total. The molecular formula is C24H25NO6. The van der Waals surface area contributed by atoms with E-state index in [2.05, 4.69) is 16.7 Å². The molecule has 2 aliphatic rings. The number of aldehydes is 1. The average molecular weight is 423 g/mol. The topological polar surface area (TPSA) is 66.5 Å². The Hall–Kier alpha value is -3.37. The lowest BCUT2D eigenvalue weighted by molar-refractivity contribution is 0.112. The number of fused-ring (bicyclic) bond motifs is 2. The van der Waals surface area contributed by atoms with Gasteiger partial charge in [0.05, 0.1) is 13.7 Å². The number of ether oxygens (including phenoxy) is 5. The van der Waals surface area contributed by atoms with Gasteiger partial charge in [-0.25, -0.2) is 0 Å². The fourth-order valence-corrected chi connectivity index (χ4v) is 3.85. The maximum atomic E-state index is 11.0. The quantitative estimate of drug-likeness (QED) is 0.522. The first kappa shape index (κ1) is 20.9. The maximum absolute atomic E-state index is 11.0. The minimum Gasteiger partial charge on any atom is -0.492 e. The van der Waals surface area contributed by atoms with Crippen molar-refractivity contribution in [2.24, 2.45) is 0 Å². The Balaban J connectivity index is 1.56. The van der Waals surface area contributed by atoms with Crippen LogP contribution >= 0.6 is 0 Å².